The van der Waals surface area contributed by atoms with Gasteiger partial charge in [0.1, 0.15) is 66.2 Å². The number of piperidine rings is 1. The van der Waals surface area contributed by atoms with Crippen LogP contribution in [0.25, 0.3) is 0 Å². The summed E-state index contributed by atoms with van der Waals surface area (Å²) in [7, 11) is 13.0. The fraction of sp³-hybridized carbons (Fsp3) is 0.662. The second kappa shape index (κ2) is 39.7. The highest BCUT2D eigenvalue weighted by molar-refractivity contribution is 14.1. The number of hydrogen-bond acceptors (Lipinski definition) is 14. The van der Waals surface area contributed by atoms with Crippen molar-refractivity contribution in [2.75, 3.05) is 89.7 Å². The fourth-order valence-corrected chi connectivity index (χ4v) is 13.7. The third-order valence-electron chi connectivity index (χ3n) is 20.1. The highest BCUT2D eigenvalue weighted by Crippen LogP contribution is 2.27. The zero-order valence-corrected chi connectivity index (χ0v) is 65.3. The van der Waals surface area contributed by atoms with Gasteiger partial charge in [0.25, 0.3) is 0 Å². The first-order valence-corrected chi connectivity index (χ1v) is 37.1. The Balaban J connectivity index is 1.68. The zero-order valence-electron chi connectivity index (χ0n) is 63.2. The van der Waals surface area contributed by atoms with Crippen LogP contribution in [0.2, 0.25) is 0 Å². The highest BCUT2D eigenvalue weighted by Gasteiger charge is 2.47. The maximum Gasteiger partial charge on any atom is 0.245 e. The Morgan fingerprint density at radius 2 is 1.22 bits per heavy atom. The lowest BCUT2D eigenvalue weighted by atomic mass is 9.95. The Labute approximate surface area is 617 Å². The number of nitrogens with zero attached hydrogens (tertiary/aromatic N) is 9. The SMILES string of the molecule is CCCC[C@@H]1NC(=O)[C@H](Cc2cccc(I)c2)NC(=O)CN(C)C(=O)[C@H](Cc2ccc(OC)cc2)N(C)C(=O)[C@@H]2CCN2C(=O)[C@H](C)N(C)C(=O)[C@H]([C@@H](C)CC)NC(=O)[C@@H](CC(C)C)N(C)C(=O)C[C@@H](C(=O)N2CCCCC2)N(C)C(=O)[C@H](CC(C)C)NC(=O)[C@H](CCC(=O)N(C)C)N(C)C1=O. The van der Waals surface area contributed by atoms with Crippen molar-refractivity contribution in [3.8, 4) is 5.75 Å². The van der Waals surface area contributed by atoms with Crippen molar-refractivity contribution >= 4 is 99.4 Å². The van der Waals surface area contributed by atoms with Crippen LogP contribution in [0.1, 0.15) is 150 Å². The van der Waals surface area contributed by atoms with E-state index in [1.165, 1.54) is 80.8 Å². The molecule has 566 valence electrons. The van der Waals surface area contributed by atoms with Gasteiger partial charge in [0.05, 0.1) is 20.1 Å². The number of nitrogens with one attached hydrogen (secondary N) is 4. The van der Waals surface area contributed by atoms with E-state index in [0.717, 1.165) is 24.7 Å². The lowest BCUT2D eigenvalue weighted by molar-refractivity contribution is -0.160. The zero-order chi connectivity index (χ0) is 76.1. The number of methoxy groups -OCH3 is 1. The minimum absolute atomic E-state index is 0.0235. The van der Waals surface area contributed by atoms with Crippen LogP contribution in [0, 0.1) is 21.3 Å². The minimum atomic E-state index is -1.45. The van der Waals surface area contributed by atoms with Crippen LogP contribution in [-0.4, -0.2) is 271 Å². The Kier molecular flexibility index (Phi) is 32.9. The van der Waals surface area contributed by atoms with Gasteiger partial charge >= 0.3 is 0 Å². The van der Waals surface area contributed by atoms with Crippen molar-refractivity contribution < 1.29 is 67.1 Å². The van der Waals surface area contributed by atoms with E-state index < -0.39 is 150 Å². The third kappa shape index (κ3) is 23.0. The summed E-state index contributed by atoms with van der Waals surface area (Å²) in [5.74, 6) is -8.95. The molecule has 0 saturated carbocycles. The molecular formula is C74H114IN13O14. The molecule has 0 unspecified atom stereocenters. The van der Waals surface area contributed by atoms with Gasteiger partial charge in [-0.1, -0.05) is 92.0 Å². The molecule has 13 amide bonds. The van der Waals surface area contributed by atoms with Gasteiger partial charge < -0.3 is 70.1 Å². The van der Waals surface area contributed by atoms with Crippen LogP contribution >= 0.6 is 22.6 Å². The molecule has 4 N–H and O–H groups in total. The van der Waals surface area contributed by atoms with Crippen LogP contribution in [0.3, 0.4) is 0 Å². The summed E-state index contributed by atoms with van der Waals surface area (Å²) in [6, 6.07) is 1.26. The van der Waals surface area contributed by atoms with Gasteiger partial charge in [-0.2, -0.15) is 0 Å². The average molecular weight is 1540 g/mol. The van der Waals surface area contributed by atoms with Gasteiger partial charge in [0.2, 0.25) is 76.8 Å². The second-order valence-electron chi connectivity index (χ2n) is 28.9. The van der Waals surface area contributed by atoms with Crippen LogP contribution in [0.15, 0.2) is 48.5 Å². The van der Waals surface area contributed by atoms with E-state index in [1.54, 1.807) is 62.3 Å². The number of unbranched alkanes of at least 4 members (excludes halogenated alkanes) is 1. The van der Waals surface area contributed by atoms with Crippen molar-refractivity contribution in [3.05, 3.63) is 63.2 Å². The smallest absolute Gasteiger partial charge is 0.245 e. The number of benzene rings is 2. The molecule has 5 rings (SSSR count). The molecule has 11 atom stereocenters. The number of amides is 13. The molecule has 2 aromatic rings. The largest absolute Gasteiger partial charge is 0.497 e. The van der Waals surface area contributed by atoms with E-state index >= 15 is 28.8 Å². The van der Waals surface area contributed by atoms with Crippen LogP contribution in [0.4, 0.5) is 0 Å². The number of ether oxygens (including phenoxy) is 1. The minimum Gasteiger partial charge on any atom is -0.497 e. The molecule has 3 saturated heterocycles. The van der Waals surface area contributed by atoms with Crippen molar-refractivity contribution in [3.63, 3.8) is 0 Å². The molecular weight excluding hydrogens is 1420 g/mol. The number of rotatable bonds is 18. The Hall–Kier alpha value is -7.92. The molecule has 2 aromatic carbocycles. The quantitative estimate of drug-likeness (QED) is 0.154. The predicted molar refractivity (Wildman–Crippen MR) is 394 cm³/mol. The molecule has 0 radical (unpaired) electrons. The first kappa shape index (κ1) is 84.7. The highest BCUT2D eigenvalue weighted by atomic mass is 127. The van der Waals surface area contributed by atoms with Crippen molar-refractivity contribution in [2.24, 2.45) is 17.8 Å². The number of hydrogen-bond donors (Lipinski definition) is 4. The predicted octanol–water partition coefficient (Wildman–Crippen LogP) is 3.85. The molecule has 0 bridgehead atoms. The second-order valence-corrected chi connectivity index (χ2v) is 30.1. The molecule has 0 aromatic heterocycles. The fourth-order valence-electron chi connectivity index (χ4n) is 13.1. The number of carbonyl (C=O) groups is 13. The van der Waals surface area contributed by atoms with Crippen LogP contribution in [0.5, 0.6) is 5.75 Å². The summed E-state index contributed by atoms with van der Waals surface area (Å²) in [6.07, 6.45) is 2.84. The van der Waals surface area contributed by atoms with Crippen LogP contribution in [-0.2, 0) is 75.2 Å². The van der Waals surface area contributed by atoms with E-state index in [-0.39, 0.29) is 75.7 Å². The molecule has 0 spiro atoms. The van der Waals surface area contributed by atoms with Crippen LogP contribution < -0.4 is 26.0 Å². The van der Waals surface area contributed by atoms with E-state index in [9.17, 15) is 33.6 Å². The number of likely N-dealkylation sites (N-methyl/N-ethyl adjacent to an activating group) is 6. The number of carbonyl (C=O) groups excluding carboxylic acids is 13. The Morgan fingerprint density at radius 1 is 0.608 bits per heavy atom. The molecule has 27 nitrogen and oxygen atoms in total. The molecule has 3 heterocycles. The number of halogens is 1. The summed E-state index contributed by atoms with van der Waals surface area (Å²) in [5.41, 5.74) is 1.27. The van der Waals surface area contributed by atoms with Gasteiger partial charge in [-0.05, 0) is 134 Å². The normalized spacial score (nSPS) is 25.0. The summed E-state index contributed by atoms with van der Waals surface area (Å²) in [4.78, 5) is 205. The Morgan fingerprint density at radius 3 is 1.78 bits per heavy atom. The first-order valence-electron chi connectivity index (χ1n) is 36.0. The average Bonchev–Trinajstić information content (AvgIpc) is 0.782. The monoisotopic (exact) mass is 1540 g/mol. The maximum absolute atomic E-state index is 15.4. The lowest BCUT2D eigenvalue weighted by Crippen LogP contribution is -2.65. The molecule has 3 aliphatic heterocycles. The topological polar surface area (TPSA) is 308 Å². The molecule has 0 aliphatic carbocycles. The maximum atomic E-state index is 15.4. The standard InChI is InChI=1S/C74H114IN13O14/c1-18-20-27-53-69(96)84(14)56(32-33-62(90)80(9)10)66(93)78-55(38-45(3)4)70(97)85(15)60(73(100)87-35-22-21-23-36-87)43-63(91)83(13)58(39-46(5)6)67(94)79-64(47(7)19-2)74(101)82(12)48(8)68(95)88-37-34-57(88)72(99)86(16)59(42-49-28-30-52(102-17)31-29-49)71(98)81(11)44-61(89)76-54(65(92)77-53)41-50-25-24-26-51(75)40-50/h24-26,28-31,40,45-48,53-60,64H,18-23,27,32-39,41-44H2,1-17H3,(H,76,89)(H,77,92)(H,78,93)(H,79,94)/t47-,48-,53-,54-,55-,56-,57-,58+,59-,60-,64-/m0/s1. The molecule has 3 aliphatic rings. The summed E-state index contributed by atoms with van der Waals surface area (Å²) in [6.45, 7) is 14.6. The van der Waals surface area contributed by atoms with Gasteiger partial charge in [-0.15, -0.1) is 0 Å². The van der Waals surface area contributed by atoms with Crippen molar-refractivity contribution in [1.29, 1.82) is 0 Å². The van der Waals surface area contributed by atoms with Gasteiger partial charge in [0, 0.05) is 98.8 Å². The molecule has 102 heavy (non-hydrogen) atoms. The van der Waals surface area contributed by atoms with E-state index in [1.807, 2.05) is 53.7 Å². The number of fused-ring (bicyclic) bond motifs is 1. The van der Waals surface area contributed by atoms with Crippen molar-refractivity contribution in [1.82, 2.24) is 65.4 Å². The lowest BCUT2D eigenvalue weighted by Gasteiger charge is -2.45. The molecule has 28 heteroatoms. The van der Waals surface area contributed by atoms with E-state index in [0.29, 0.717) is 62.1 Å². The van der Waals surface area contributed by atoms with Gasteiger partial charge in [-0.25, -0.2) is 0 Å². The Bertz CT molecular complexity index is 3270. The van der Waals surface area contributed by atoms with Crippen molar-refractivity contribution in [2.45, 2.75) is 212 Å². The summed E-state index contributed by atoms with van der Waals surface area (Å²) >= 11 is 2.13. The first-order chi connectivity index (χ1) is 48.1. The third-order valence-corrected chi connectivity index (χ3v) is 20.8. The van der Waals surface area contributed by atoms with Gasteiger partial charge in [-0.3, -0.25) is 62.3 Å². The van der Waals surface area contributed by atoms with Gasteiger partial charge in [0.15, 0.2) is 0 Å². The molecule has 3 fully saturated rings. The van der Waals surface area contributed by atoms with E-state index in [4.69, 9.17) is 4.74 Å². The summed E-state index contributed by atoms with van der Waals surface area (Å²) in [5, 5.41) is 11.5. The summed E-state index contributed by atoms with van der Waals surface area (Å²) < 4.78 is 6.22. The van der Waals surface area contributed by atoms with E-state index in [2.05, 4.69) is 43.9 Å². The number of likely N-dealkylation sites (tertiary alicyclic amines) is 1.